The lowest BCUT2D eigenvalue weighted by Crippen LogP contribution is -2.50. The van der Waals surface area contributed by atoms with Crippen molar-refractivity contribution in [2.24, 2.45) is 13.0 Å². The molecule has 1 aromatic heterocycles. The van der Waals surface area contributed by atoms with E-state index in [1.165, 1.54) is 0 Å². The van der Waals surface area contributed by atoms with Crippen molar-refractivity contribution in [2.45, 2.75) is 44.7 Å². The highest BCUT2D eigenvalue weighted by atomic mass is 32.2. The van der Waals surface area contributed by atoms with Gasteiger partial charge in [0.05, 0.1) is 0 Å². The summed E-state index contributed by atoms with van der Waals surface area (Å²) in [6, 6.07) is 0.405. The molecule has 2 heterocycles. The zero-order chi connectivity index (χ0) is 15.6. The number of nitrogens with one attached hydrogen (secondary N) is 1. The highest BCUT2D eigenvalue weighted by Crippen LogP contribution is 2.23. The smallest absolute Gasteiger partial charge is 0.262 e. The summed E-state index contributed by atoms with van der Waals surface area (Å²) < 4.78 is 28.6. The average molecular weight is 314 g/mol. The van der Waals surface area contributed by atoms with Gasteiger partial charge in [-0.1, -0.05) is 13.8 Å². The Morgan fingerprint density at radius 3 is 2.71 bits per heavy atom. The summed E-state index contributed by atoms with van der Waals surface area (Å²) in [4.78, 5) is 4.17. The molecule has 0 bridgehead atoms. The summed E-state index contributed by atoms with van der Waals surface area (Å²) in [5, 5.41) is 3.67. The van der Waals surface area contributed by atoms with Crippen LogP contribution < -0.4 is 5.32 Å². The maximum Gasteiger partial charge on any atom is 0.262 e. The second-order valence-electron chi connectivity index (χ2n) is 5.93. The number of sulfonamides is 1. The van der Waals surface area contributed by atoms with Gasteiger partial charge in [-0.3, -0.25) is 0 Å². The van der Waals surface area contributed by atoms with Gasteiger partial charge in [0.2, 0.25) is 0 Å². The van der Waals surface area contributed by atoms with Gasteiger partial charge in [0, 0.05) is 32.4 Å². The van der Waals surface area contributed by atoms with E-state index in [1.807, 2.05) is 14.0 Å². The van der Waals surface area contributed by atoms with Gasteiger partial charge >= 0.3 is 0 Å². The molecule has 1 saturated heterocycles. The summed E-state index contributed by atoms with van der Waals surface area (Å²) in [6.07, 6.45) is 3.54. The number of piperidine rings is 1. The Morgan fingerprint density at radius 2 is 2.19 bits per heavy atom. The van der Waals surface area contributed by atoms with E-state index < -0.39 is 10.0 Å². The Balaban J connectivity index is 2.09. The summed E-state index contributed by atoms with van der Waals surface area (Å²) in [7, 11) is -1.66. The zero-order valence-electron chi connectivity index (χ0n) is 13.3. The second-order valence-corrected chi connectivity index (χ2v) is 7.81. The Bertz CT molecular complexity index is 562. The van der Waals surface area contributed by atoms with Crippen LogP contribution in [0, 0.1) is 12.8 Å². The van der Waals surface area contributed by atoms with E-state index in [0.29, 0.717) is 30.9 Å². The molecule has 0 aliphatic carbocycles. The minimum absolute atomic E-state index is 0.162. The summed E-state index contributed by atoms with van der Waals surface area (Å²) in [5.41, 5.74) is 0. The van der Waals surface area contributed by atoms with E-state index in [0.717, 1.165) is 19.4 Å². The third-order valence-corrected chi connectivity index (χ3v) is 5.95. The molecule has 0 amide bonds. The molecule has 0 aromatic carbocycles. The summed E-state index contributed by atoms with van der Waals surface area (Å²) in [5.74, 6) is 1.02. The second kappa shape index (κ2) is 6.46. The minimum Gasteiger partial charge on any atom is -0.337 e. The van der Waals surface area contributed by atoms with Gasteiger partial charge in [0.1, 0.15) is 5.82 Å². The number of rotatable bonds is 5. The highest BCUT2D eigenvalue weighted by Gasteiger charge is 2.34. The number of hydrogen-bond donors (Lipinski definition) is 1. The molecule has 0 saturated carbocycles. The van der Waals surface area contributed by atoms with Crippen LogP contribution >= 0.6 is 0 Å². The molecule has 1 fully saturated rings. The Labute approximate surface area is 127 Å². The molecule has 1 aliphatic heterocycles. The lowest BCUT2D eigenvalue weighted by atomic mass is 9.95. The third-order valence-electron chi connectivity index (χ3n) is 4.22. The average Bonchev–Trinajstić information content (AvgIpc) is 2.78. The van der Waals surface area contributed by atoms with Gasteiger partial charge < -0.3 is 9.88 Å². The Morgan fingerprint density at radius 1 is 1.48 bits per heavy atom. The van der Waals surface area contributed by atoms with Crippen LogP contribution in [0.15, 0.2) is 11.2 Å². The number of imidazole rings is 1. The van der Waals surface area contributed by atoms with Crippen molar-refractivity contribution < 1.29 is 8.42 Å². The first kappa shape index (κ1) is 16.5. The third kappa shape index (κ3) is 3.46. The lowest BCUT2D eigenvalue weighted by molar-refractivity contribution is 0.220. The first-order valence-electron chi connectivity index (χ1n) is 7.59. The number of hydrogen-bond acceptors (Lipinski definition) is 4. The van der Waals surface area contributed by atoms with Gasteiger partial charge in [-0.05, 0) is 32.2 Å². The van der Waals surface area contributed by atoms with Crippen molar-refractivity contribution in [3.8, 4) is 0 Å². The van der Waals surface area contributed by atoms with E-state index in [2.05, 4.69) is 24.1 Å². The summed E-state index contributed by atoms with van der Waals surface area (Å²) >= 11 is 0. The molecule has 21 heavy (non-hydrogen) atoms. The number of aryl methyl sites for hydroxylation is 2. The molecule has 6 nitrogen and oxygen atoms in total. The monoisotopic (exact) mass is 314 g/mol. The summed E-state index contributed by atoms with van der Waals surface area (Å²) in [6.45, 7) is 8.16. The molecule has 120 valence electrons. The maximum atomic E-state index is 12.6. The van der Waals surface area contributed by atoms with Crippen molar-refractivity contribution in [2.75, 3.05) is 19.6 Å². The van der Waals surface area contributed by atoms with Gasteiger partial charge in [-0.15, -0.1) is 0 Å². The molecule has 0 radical (unpaired) electrons. The molecular weight excluding hydrogens is 288 g/mol. The molecule has 2 unspecified atom stereocenters. The van der Waals surface area contributed by atoms with E-state index in [-0.39, 0.29) is 5.03 Å². The lowest BCUT2D eigenvalue weighted by Gasteiger charge is -2.36. The van der Waals surface area contributed by atoms with Gasteiger partial charge in [-0.25, -0.2) is 13.4 Å². The van der Waals surface area contributed by atoms with E-state index in [1.54, 1.807) is 15.1 Å². The van der Waals surface area contributed by atoms with Crippen LogP contribution in [0.3, 0.4) is 0 Å². The fourth-order valence-electron chi connectivity index (χ4n) is 2.74. The normalized spacial score (nSPS) is 24.4. The zero-order valence-corrected chi connectivity index (χ0v) is 14.2. The van der Waals surface area contributed by atoms with E-state index >= 15 is 0 Å². The van der Waals surface area contributed by atoms with Crippen LogP contribution in [0.4, 0.5) is 0 Å². The van der Waals surface area contributed by atoms with Crippen LogP contribution in [0.5, 0.6) is 0 Å². The Kier molecular flexibility index (Phi) is 5.06. The molecule has 1 N–H and O–H groups in total. The van der Waals surface area contributed by atoms with Gasteiger partial charge in [0.15, 0.2) is 5.03 Å². The predicted molar refractivity (Wildman–Crippen MR) is 82.6 cm³/mol. The molecule has 7 heteroatoms. The molecular formula is C14H26N4O2S. The fraction of sp³-hybridized carbons (Fsp3) is 0.786. The van der Waals surface area contributed by atoms with Crippen LogP contribution in [0.25, 0.3) is 0 Å². The number of aromatic nitrogens is 2. The van der Waals surface area contributed by atoms with Crippen molar-refractivity contribution in [1.29, 1.82) is 0 Å². The first-order valence-corrected chi connectivity index (χ1v) is 9.03. The topological polar surface area (TPSA) is 67.2 Å². The van der Waals surface area contributed by atoms with Gasteiger partial charge in [-0.2, -0.15) is 4.31 Å². The molecule has 0 spiro atoms. The van der Waals surface area contributed by atoms with Crippen LogP contribution in [-0.4, -0.2) is 48.0 Å². The molecule has 1 aliphatic rings. The number of nitrogens with zero attached hydrogens (tertiary/aromatic N) is 3. The van der Waals surface area contributed by atoms with Crippen molar-refractivity contribution >= 4 is 10.0 Å². The van der Waals surface area contributed by atoms with E-state index in [4.69, 9.17) is 0 Å². The van der Waals surface area contributed by atoms with Crippen molar-refractivity contribution in [3.63, 3.8) is 0 Å². The van der Waals surface area contributed by atoms with Crippen LogP contribution in [-0.2, 0) is 17.1 Å². The molecule has 1 aromatic rings. The fourth-order valence-corrected chi connectivity index (χ4v) is 4.32. The SMILES string of the molecule is CCCNC1CCN(S(=O)(=O)c2cn(C)c(C)n2)CC1C. The van der Waals surface area contributed by atoms with Crippen LogP contribution in [0.1, 0.15) is 32.5 Å². The standard InChI is InChI=1S/C14H26N4O2S/c1-5-7-15-13-6-8-18(9-11(13)2)21(19,20)14-10-17(4)12(3)16-14/h10-11,13,15H,5-9H2,1-4H3. The van der Waals surface area contributed by atoms with Crippen LogP contribution in [0.2, 0.25) is 0 Å². The van der Waals surface area contributed by atoms with E-state index in [9.17, 15) is 8.42 Å². The Hall–Kier alpha value is -0.920. The first-order chi connectivity index (χ1) is 9.86. The van der Waals surface area contributed by atoms with Crippen molar-refractivity contribution in [1.82, 2.24) is 19.2 Å². The quantitative estimate of drug-likeness (QED) is 0.884. The van der Waals surface area contributed by atoms with Crippen molar-refractivity contribution in [3.05, 3.63) is 12.0 Å². The largest absolute Gasteiger partial charge is 0.337 e. The van der Waals surface area contributed by atoms with Gasteiger partial charge in [0.25, 0.3) is 10.0 Å². The minimum atomic E-state index is -3.47. The molecule has 2 rings (SSSR count). The highest BCUT2D eigenvalue weighted by molar-refractivity contribution is 7.89. The molecule has 2 atom stereocenters. The maximum absolute atomic E-state index is 12.6. The predicted octanol–water partition coefficient (Wildman–Crippen LogP) is 1.13.